The van der Waals surface area contributed by atoms with Gasteiger partial charge in [0.1, 0.15) is 11.4 Å². The number of benzene rings is 2. The number of aryl methyl sites for hydroxylation is 1. The Morgan fingerprint density at radius 3 is 2.56 bits per heavy atom. The van der Waals surface area contributed by atoms with Gasteiger partial charge in [-0.15, -0.1) is 0 Å². The average Bonchev–Trinajstić information content (AvgIpc) is 2.64. The number of anilines is 3. The Morgan fingerprint density at radius 2 is 1.84 bits per heavy atom. The van der Waals surface area contributed by atoms with Crippen molar-refractivity contribution in [1.29, 1.82) is 0 Å². The Hall–Kier alpha value is -3.34. The van der Waals surface area contributed by atoms with Gasteiger partial charge >= 0.3 is 0 Å². The zero-order chi connectivity index (χ0) is 17.6. The topological polar surface area (TPSA) is 63.2 Å². The maximum absolute atomic E-state index is 12.3. The maximum Gasteiger partial charge on any atom is 0.274 e. The van der Waals surface area contributed by atoms with Gasteiger partial charge in [0.2, 0.25) is 0 Å². The molecule has 0 saturated heterocycles. The molecule has 0 saturated carbocycles. The van der Waals surface area contributed by atoms with Crippen LogP contribution in [-0.4, -0.2) is 18.0 Å². The number of hydrogen-bond acceptors (Lipinski definition) is 4. The van der Waals surface area contributed by atoms with Crippen molar-refractivity contribution >= 4 is 23.0 Å². The molecule has 0 unspecified atom stereocenters. The number of para-hydroxylation sites is 1. The molecule has 0 spiro atoms. The summed E-state index contributed by atoms with van der Waals surface area (Å²) in [6.45, 7) is 1.95. The van der Waals surface area contributed by atoms with Gasteiger partial charge in [0.25, 0.3) is 5.91 Å². The predicted octanol–water partition coefficient (Wildman–Crippen LogP) is 4.39. The highest BCUT2D eigenvalue weighted by Gasteiger charge is 2.09. The fourth-order valence-electron chi connectivity index (χ4n) is 2.37. The largest absolute Gasteiger partial charge is 0.497 e. The lowest BCUT2D eigenvalue weighted by molar-refractivity contribution is 0.102. The van der Waals surface area contributed by atoms with Crippen LogP contribution in [0.15, 0.2) is 66.9 Å². The molecule has 2 N–H and O–H groups in total. The first-order valence-corrected chi connectivity index (χ1v) is 7.90. The van der Waals surface area contributed by atoms with E-state index in [-0.39, 0.29) is 5.91 Å². The molecule has 0 radical (unpaired) electrons. The first kappa shape index (κ1) is 16.5. The molecule has 5 heteroatoms. The molecular formula is C20H19N3O2. The summed E-state index contributed by atoms with van der Waals surface area (Å²) >= 11 is 0. The van der Waals surface area contributed by atoms with Crippen molar-refractivity contribution in [2.75, 3.05) is 17.7 Å². The van der Waals surface area contributed by atoms with Crippen LogP contribution in [0, 0.1) is 6.92 Å². The van der Waals surface area contributed by atoms with Crippen molar-refractivity contribution in [2.45, 2.75) is 6.92 Å². The van der Waals surface area contributed by atoms with E-state index in [0.717, 1.165) is 28.4 Å². The normalized spacial score (nSPS) is 10.2. The molecule has 3 rings (SSSR count). The fourth-order valence-corrected chi connectivity index (χ4v) is 2.37. The molecule has 0 atom stereocenters. The predicted molar refractivity (Wildman–Crippen MR) is 99.6 cm³/mol. The number of carbonyl (C=O) groups is 1. The summed E-state index contributed by atoms with van der Waals surface area (Å²) < 4.78 is 5.20. The Balaban J connectivity index is 1.69. The Bertz CT molecular complexity index is 876. The van der Waals surface area contributed by atoms with Crippen LogP contribution in [0.2, 0.25) is 0 Å². The molecule has 1 aromatic heterocycles. The third-order valence-electron chi connectivity index (χ3n) is 3.75. The van der Waals surface area contributed by atoms with Crippen LogP contribution in [0.25, 0.3) is 0 Å². The van der Waals surface area contributed by atoms with E-state index in [1.807, 2.05) is 61.5 Å². The Kier molecular flexibility index (Phi) is 4.95. The van der Waals surface area contributed by atoms with E-state index in [9.17, 15) is 4.79 Å². The van der Waals surface area contributed by atoms with Gasteiger partial charge in [-0.2, -0.15) is 0 Å². The second-order valence-corrected chi connectivity index (χ2v) is 5.56. The first-order chi connectivity index (χ1) is 12.2. The summed E-state index contributed by atoms with van der Waals surface area (Å²) in [7, 11) is 1.63. The van der Waals surface area contributed by atoms with Crippen molar-refractivity contribution in [3.05, 3.63) is 78.1 Å². The van der Waals surface area contributed by atoms with Crippen molar-refractivity contribution < 1.29 is 9.53 Å². The SMILES string of the molecule is COc1cccc(Nc2ccc(C(=O)Nc3ccccc3C)nc2)c1. The third kappa shape index (κ3) is 4.14. The van der Waals surface area contributed by atoms with Gasteiger partial charge in [0.15, 0.2) is 0 Å². The zero-order valence-electron chi connectivity index (χ0n) is 14.1. The molecule has 25 heavy (non-hydrogen) atoms. The number of pyridine rings is 1. The molecule has 1 heterocycles. The van der Waals surface area contributed by atoms with Gasteiger partial charge in [0, 0.05) is 17.4 Å². The molecule has 0 fully saturated rings. The lowest BCUT2D eigenvalue weighted by Gasteiger charge is -2.09. The standard InChI is InChI=1S/C20H19N3O2/c1-14-6-3-4-9-18(14)23-20(24)19-11-10-16(13-21-19)22-15-7-5-8-17(12-15)25-2/h3-13,22H,1-2H3,(H,23,24). The van der Waals surface area contributed by atoms with E-state index in [1.54, 1.807) is 19.4 Å². The van der Waals surface area contributed by atoms with Gasteiger partial charge < -0.3 is 15.4 Å². The smallest absolute Gasteiger partial charge is 0.274 e. The molecule has 126 valence electrons. The number of aromatic nitrogens is 1. The monoisotopic (exact) mass is 333 g/mol. The Morgan fingerprint density at radius 1 is 1.00 bits per heavy atom. The summed E-state index contributed by atoms with van der Waals surface area (Å²) in [6, 6.07) is 18.7. The molecule has 3 aromatic rings. The van der Waals surface area contributed by atoms with Crippen molar-refractivity contribution in [2.24, 2.45) is 0 Å². The summed E-state index contributed by atoms with van der Waals surface area (Å²) in [5.74, 6) is 0.536. The number of rotatable bonds is 5. The first-order valence-electron chi connectivity index (χ1n) is 7.90. The molecule has 0 aliphatic heterocycles. The van der Waals surface area contributed by atoms with Crippen LogP contribution < -0.4 is 15.4 Å². The summed E-state index contributed by atoms with van der Waals surface area (Å²) in [5, 5.41) is 6.10. The highest BCUT2D eigenvalue weighted by Crippen LogP contribution is 2.21. The van der Waals surface area contributed by atoms with E-state index >= 15 is 0 Å². The van der Waals surface area contributed by atoms with E-state index in [1.165, 1.54) is 0 Å². The highest BCUT2D eigenvalue weighted by molar-refractivity contribution is 6.03. The van der Waals surface area contributed by atoms with Gasteiger partial charge in [-0.25, -0.2) is 4.98 Å². The average molecular weight is 333 g/mol. The van der Waals surface area contributed by atoms with E-state index in [2.05, 4.69) is 15.6 Å². The van der Waals surface area contributed by atoms with E-state index < -0.39 is 0 Å². The quantitative estimate of drug-likeness (QED) is 0.727. The second kappa shape index (κ2) is 7.49. The number of carbonyl (C=O) groups excluding carboxylic acids is 1. The fraction of sp³-hybridized carbons (Fsp3) is 0.100. The number of ether oxygens (including phenoxy) is 1. The maximum atomic E-state index is 12.3. The van der Waals surface area contributed by atoms with Crippen LogP contribution in [0.1, 0.15) is 16.1 Å². The molecule has 0 aliphatic carbocycles. The highest BCUT2D eigenvalue weighted by atomic mass is 16.5. The molecule has 5 nitrogen and oxygen atoms in total. The van der Waals surface area contributed by atoms with Crippen molar-refractivity contribution in [3.63, 3.8) is 0 Å². The van der Waals surface area contributed by atoms with E-state index in [0.29, 0.717) is 5.69 Å². The Labute approximate surface area is 146 Å². The lowest BCUT2D eigenvalue weighted by atomic mass is 10.2. The second-order valence-electron chi connectivity index (χ2n) is 5.56. The summed E-state index contributed by atoms with van der Waals surface area (Å²) in [4.78, 5) is 16.5. The lowest BCUT2D eigenvalue weighted by Crippen LogP contribution is -2.14. The van der Waals surface area contributed by atoms with Crippen LogP contribution in [-0.2, 0) is 0 Å². The third-order valence-corrected chi connectivity index (χ3v) is 3.75. The zero-order valence-corrected chi connectivity index (χ0v) is 14.1. The molecular weight excluding hydrogens is 314 g/mol. The molecule has 2 aromatic carbocycles. The van der Waals surface area contributed by atoms with Crippen LogP contribution in [0.3, 0.4) is 0 Å². The number of nitrogens with zero attached hydrogens (tertiary/aromatic N) is 1. The van der Waals surface area contributed by atoms with Gasteiger partial charge in [-0.1, -0.05) is 24.3 Å². The minimum Gasteiger partial charge on any atom is -0.497 e. The van der Waals surface area contributed by atoms with Crippen LogP contribution in [0.5, 0.6) is 5.75 Å². The van der Waals surface area contributed by atoms with Crippen molar-refractivity contribution in [3.8, 4) is 5.75 Å². The van der Waals surface area contributed by atoms with E-state index in [4.69, 9.17) is 4.74 Å². The molecule has 0 bridgehead atoms. The minimum atomic E-state index is -0.234. The van der Waals surface area contributed by atoms with Gasteiger partial charge in [0.05, 0.1) is 19.0 Å². The minimum absolute atomic E-state index is 0.234. The number of amides is 1. The number of methoxy groups -OCH3 is 1. The molecule has 1 amide bonds. The van der Waals surface area contributed by atoms with Crippen molar-refractivity contribution in [1.82, 2.24) is 4.98 Å². The van der Waals surface area contributed by atoms with Crippen LogP contribution >= 0.6 is 0 Å². The molecule has 0 aliphatic rings. The number of nitrogens with one attached hydrogen (secondary N) is 2. The van der Waals surface area contributed by atoms with Gasteiger partial charge in [-0.05, 0) is 42.8 Å². The van der Waals surface area contributed by atoms with Gasteiger partial charge in [-0.3, -0.25) is 4.79 Å². The summed E-state index contributed by atoms with van der Waals surface area (Å²) in [5.41, 5.74) is 3.83. The van der Waals surface area contributed by atoms with Crippen LogP contribution in [0.4, 0.5) is 17.1 Å². The number of hydrogen-bond donors (Lipinski definition) is 2. The summed E-state index contributed by atoms with van der Waals surface area (Å²) in [6.07, 6.45) is 1.63.